The lowest BCUT2D eigenvalue weighted by Gasteiger charge is -2.28. The third kappa shape index (κ3) is 5.34. The minimum Gasteiger partial charge on any atom is -0.393 e. The lowest BCUT2D eigenvalue weighted by molar-refractivity contribution is 0.0176. The quantitative estimate of drug-likeness (QED) is 0.545. The van der Waals surface area contributed by atoms with E-state index in [1.54, 1.807) is 6.20 Å². The molecule has 1 aliphatic heterocycles. The second-order valence-electron chi connectivity index (χ2n) is 4.49. The molecule has 0 aromatic carbocycles. The minimum atomic E-state index is -0.515. The van der Waals surface area contributed by atoms with Crippen LogP contribution < -0.4 is 5.32 Å². The van der Waals surface area contributed by atoms with Gasteiger partial charge in [0.15, 0.2) is 0 Å². The molecule has 0 radical (unpaired) electrons. The number of aromatic nitrogens is 1. The zero-order valence-corrected chi connectivity index (χ0v) is 10.9. The van der Waals surface area contributed by atoms with E-state index in [-0.39, 0.29) is 6.61 Å². The van der Waals surface area contributed by atoms with Gasteiger partial charge in [0.1, 0.15) is 12.7 Å². The molecule has 1 saturated heterocycles. The molecule has 0 amide bonds. The van der Waals surface area contributed by atoms with Gasteiger partial charge in [-0.3, -0.25) is 9.88 Å². The smallest absolute Gasteiger partial charge is 0.144 e. The fraction of sp³-hybridized carbons (Fsp3) is 0.538. The van der Waals surface area contributed by atoms with Crippen LogP contribution >= 0.6 is 0 Å². The van der Waals surface area contributed by atoms with E-state index >= 15 is 0 Å². The van der Waals surface area contributed by atoms with Crippen LogP contribution in [-0.2, 0) is 4.84 Å². The highest BCUT2D eigenvalue weighted by atomic mass is 16.6. The Morgan fingerprint density at radius 1 is 1.47 bits per heavy atom. The number of hydrogen-bond donors (Lipinski definition) is 2. The first kappa shape index (κ1) is 13.9. The maximum Gasteiger partial charge on any atom is 0.144 e. The van der Waals surface area contributed by atoms with Gasteiger partial charge in [0.2, 0.25) is 0 Å². The number of rotatable bonds is 6. The van der Waals surface area contributed by atoms with E-state index in [0.29, 0.717) is 6.54 Å². The Balaban J connectivity index is 1.63. The average molecular weight is 264 g/mol. The lowest BCUT2D eigenvalue weighted by Crippen LogP contribution is -2.46. The Hall–Kier alpha value is -1.50. The van der Waals surface area contributed by atoms with E-state index in [1.165, 1.54) is 6.21 Å². The molecule has 2 rings (SSSR count). The summed E-state index contributed by atoms with van der Waals surface area (Å²) in [5, 5.41) is 16.9. The van der Waals surface area contributed by atoms with Crippen molar-refractivity contribution in [2.45, 2.75) is 6.10 Å². The van der Waals surface area contributed by atoms with Gasteiger partial charge in [-0.25, -0.2) is 0 Å². The Labute approximate surface area is 113 Å². The highest BCUT2D eigenvalue weighted by Gasteiger charge is 2.14. The van der Waals surface area contributed by atoms with Crippen molar-refractivity contribution in [1.29, 1.82) is 0 Å². The Morgan fingerprint density at radius 3 is 3.05 bits per heavy atom. The number of pyridine rings is 1. The highest BCUT2D eigenvalue weighted by Crippen LogP contribution is 1.96. The molecule has 1 unspecified atom stereocenters. The minimum absolute atomic E-state index is 0.202. The molecule has 1 aliphatic rings. The fourth-order valence-electron chi connectivity index (χ4n) is 1.92. The van der Waals surface area contributed by atoms with Crippen LogP contribution in [0.5, 0.6) is 0 Å². The molecular weight excluding hydrogens is 244 g/mol. The van der Waals surface area contributed by atoms with Crippen molar-refractivity contribution in [1.82, 2.24) is 15.2 Å². The lowest BCUT2D eigenvalue weighted by atomic mass is 10.3. The summed E-state index contributed by atoms with van der Waals surface area (Å²) in [6.07, 6.45) is 2.72. The van der Waals surface area contributed by atoms with Crippen LogP contribution in [0.2, 0.25) is 0 Å². The average Bonchev–Trinajstić information content (AvgIpc) is 2.46. The van der Waals surface area contributed by atoms with Crippen LogP contribution in [0.25, 0.3) is 0 Å². The number of hydrogen-bond acceptors (Lipinski definition) is 6. The molecule has 0 bridgehead atoms. The van der Waals surface area contributed by atoms with Gasteiger partial charge in [0.25, 0.3) is 0 Å². The van der Waals surface area contributed by atoms with E-state index in [2.05, 4.69) is 20.4 Å². The summed E-state index contributed by atoms with van der Waals surface area (Å²) < 4.78 is 0. The molecule has 1 aromatic heterocycles. The van der Waals surface area contributed by atoms with Gasteiger partial charge in [0.05, 0.1) is 11.9 Å². The Kier molecular flexibility index (Phi) is 5.74. The second kappa shape index (κ2) is 7.83. The maximum absolute atomic E-state index is 9.82. The van der Waals surface area contributed by atoms with Gasteiger partial charge in [-0.1, -0.05) is 11.2 Å². The van der Waals surface area contributed by atoms with E-state index in [1.807, 2.05) is 18.2 Å². The molecule has 1 fully saturated rings. The summed E-state index contributed by atoms with van der Waals surface area (Å²) in [6.45, 7) is 4.72. The Morgan fingerprint density at radius 2 is 2.32 bits per heavy atom. The number of nitrogens with one attached hydrogen (secondary N) is 1. The number of oxime groups is 1. The molecule has 104 valence electrons. The van der Waals surface area contributed by atoms with Gasteiger partial charge in [0, 0.05) is 38.9 Å². The van der Waals surface area contributed by atoms with Crippen LogP contribution in [0.1, 0.15) is 5.69 Å². The van der Waals surface area contributed by atoms with Crippen molar-refractivity contribution in [2.75, 3.05) is 39.3 Å². The molecule has 1 atom stereocenters. The van der Waals surface area contributed by atoms with Crippen molar-refractivity contribution >= 4 is 6.21 Å². The molecule has 2 N–H and O–H groups in total. The zero-order chi connectivity index (χ0) is 13.3. The largest absolute Gasteiger partial charge is 0.393 e. The first-order chi connectivity index (χ1) is 9.34. The van der Waals surface area contributed by atoms with E-state index < -0.39 is 6.10 Å². The topological polar surface area (TPSA) is 70.0 Å². The van der Waals surface area contributed by atoms with Crippen LogP contribution in [-0.4, -0.2) is 66.6 Å². The number of β-amino-alcohol motifs (C(OH)–C–C–N with tert-alkyl or cyclic N) is 1. The van der Waals surface area contributed by atoms with Crippen molar-refractivity contribution in [3.8, 4) is 0 Å². The summed E-state index contributed by atoms with van der Waals surface area (Å²) >= 11 is 0. The van der Waals surface area contributed by atoms with Crippen LogP contribution in [0.3, 0.4) is 0 Å². The number of aliphatic hydroxyl groups is 1. The normalized spacial score (nSPS) is 18.6. The van der Waals surface area contributed by atoms with Gasteiger partial charge in [-0.2, -0.15) is 0 Å². The van der Waals surface area contributed by atoms with E-state index in [4.69, 9.17) is 4.84 Å². The third-order valence-corrected chi connectivity index (χ3v) is 2.89. The first-order valence-corrected chi connectivity index (χ1v) is 6.52. The second-order valence-corrected chi connectivity index (χ2v) is 4.49. The summed E-state index contributed by atoms with van der Waals surface area (Å²) in [5.41, 5.74) is 0.735. The number of aliphatic hydroxyl groups excluding tert-OH is 1. The van der Waals surface area contributed by atoms with Gasteiger partial charge >= 0.3 is 0 Å². The van der Waals surface area contributed by atoms with Crippen LogP contribution in [0, 0.1) is 0 Å². The summed E-state index contributed by atoms with van der Waals surface area (Å²) in [4.78, 5) is 11.4. The maximum atomic E-state index is 9.82. The number of piperazine rings is 1. The predicted octanol–water partition coefficient (Wildman–Crippen LogP) is -0.302. The summed E-state index contributed by atoms with van der Waals surface area (Å²) in [6, 6.07) is 5.56. The van der Waals surface area contributed by atoms with Crippen molar-refractivity contribution in [2.24, 2.45) is 5.16 Å². The van der Waals surface area contributed by atoms with Gasteiger partial charge in [-0.15, -0.1) is 0 Å². The molecule has 19 heavy (non-hydrogen) atoms. The monoisotopic (exact) mass is 264 g/mol. The van der Waals surface area contributed by atoms with Crippen molar-refractivity contribution < 1.29 is 9.94 Å². The molecule has 0 aliphatic carbocycles. The molecule has 6 heteroatoms. The third-order valence-electron chi connectivity index (χ3n) is 2.89. The van der Waals surface area contributed by atoms with Crippen LogP contribution in [0.15, 0.2) is 29.6 Å². The van der Waals surface area contributed by atoms with E-state index in [9.17, 15) is 5.11 Å². The predicted molar refractivity (Wildman–Crippen MR) is 73.1 cm³/mol. The Bertz CT molecular complexity index is 379. The molecule has 0 saturated carbocycles. The standard InChI is InChI=1S/C13H20N4O2/c18-13(10-17-7-5-14-6-8-17)11-19-16-9-12-3-1-2-4-15-12/h1-4,9,13-14,18H,5-8,10-11H2/b16-9+. The van der Waals surface area contributed by atoms with Crippen molar-refractivity contribution in [3.63, 3.8) is 0 Å². The van der Waals surface area contributed by atoms with Gasteiger partial charge < -0.3 is 15.3 Å². The summed E-state index contributed by atoms with van der Waals surface area (Å²) in [7, 11) is 0. The van der Waals surface area contributed by atoms with Crippen LogP contribution in [0.4, 0.5) is 0 Å². The highest BCUT2D eigenvalue weighted by molar-refractivity contribution is 5.76. The molecule has 2 heterocycles. The fourth-order valence-corrected chi connectivity index (χ4v) is 1.92. The molecular formula is C13H20N4O2. The molecule has 6 nitrogen and oxygen atoms in total. The number of nitrogens with zero attached hydrogens (tertiary/aromatic N) is 3. The first-order valence-electron chi connectivity index (χ1n) is 6.52. The zero-order valence-electron chi connectivity index (χ0n) is 10.9. The van der Waals surface area contributed by atoms with E-state index in [0.717, 1.165) is 31.9 Å². The molecule has 0 spiro atoms. The molecule has 1 aromatic rings. The SMILES string of the molecule is OC(CO/N=C/c1ccccn1)CN1CCNCC1. The summed E-state index contributed by atoms with van der Waals surface area (Å²) in [5.74, 6) is 0. The van der Waals surface area contributed by atoms with Gasteiger partial charge in [-0.05, 0) is 12.1 Å². The van der Waals surface area contributed by atoms with Crippen molar-refractivity contribution in [3.05, 3.63) is 30.1 Å².